The van der Waals surface area contributed by atoms with Crippen LogP contribution in [-0.4, -0.2) is 77.4 Å². The average molecular weight is 357 g/mol. The van der Waals surface area contributed by atoms with Crippen molar-refractivity contribution in [3.8, 4) is 0 Å². The molecule has 0 aromatic heterocycles. The monoisotopic (exact) mass is 357 g/mol. The first-order valence-corrected chi connectivity index (χ1v) is 8.95. The quantitative estimate of drug-likeness (QED) is 0.798. The lowest BCUT2D eigenvalue weighted by Gasteiger charge is -2.43. The summed E-state index contributed by atoms with van der Waals surface area (Å²) in [4.78, 5) is 13.5. The van der Waals surface area contributed by atoms with Crippen LogP contribution >= 0.6 is 0 Å². The summed E-state index contributed by atoms with van der Waals surface area (Å²) in [7, 11) is 0. The SMILES string of the molecule is CC1(C)O[C@@H]2[C@@H](CO[C@@]3(CN4CCC[C@H]4C(=O)O)OC(C)(C)O[C@@H]23)O1. The summed E-state index contributed by atoms with van der Waals surface area (Å²) in [5.41, 5.74) is 0. The topological polar surface area (TPSA) is 86.7 Å². The molecule has 0 aromatic rings. The van der Waals surface area contributed by atoms with Gasteiger partial charge in [0, 0.05) is 0 Å². The van der Waals surface area contributed by atoms with Gasteiger partial charge < -0.3 is 28.8 Å². The molecule has 1 N–H and O–H groups in total. The molecule has 4 heterocycles. The van der Waals surface area contributed by atoms with E-state index in [9.17, 15) is 9.90 Å². The van der Waals surface area contributed by atoms with E-state index >= 15 is 0 Å². The van der Waals surface area contributed by atoms with Gasteiger partial charge in [-0.25, -0.2) is 0 Å². The Morgan fingerprint density at radius 1 is 1.16 bits per heavy atom. The van der Waals surface area contributed by atoms with Gasteiger partial charge in [-0.2, -0.15) is 0 Å². The summed E-state index contributed by atoms with van der Waals surface area (Å²) in [6.45, 7) is 8.79. The minimum Gasteiger partial charge on any atom is -0.480 e. The summed E-state index contributed by atoms with van der Waals surface area (Å²) in [5, 5.41) is 9.47. The van der Waals surface area contributed by atoms with Crippen molar-refractivity contribution in [3.05, 3.63) is 0 Å². The van der Waals surface area contributed by atoms with E-state index in [-0.39, 0.29) is 12.2 Å². The van der Waals surface area contributed by atoms with Crippen LogP contribution in [0.15, 0.2) is 0 Å². The fourth-order valence-electron chi connectivity index (χ4n) is 4.54. The van der Waals surface area contributed by atoms with Crippen molar-refractivity contribution in [1.82, 2.24) is 4.90 Å². The van der Waals surface area contributed by atoms with Gasteiger partial charge in [0.25, 0.3) is 0 Å². The van der Waals surface area contributed by atoms with Gasteiger partial charge in [0.1, 0.15) is 24.4 Å². The molecular weight excluding hydrogens is 330 g/mol. The predicted molar refractivity (Wildman–Crippen MR) is 84.8 cm³/mol. The highest BCUT2D eigenvalue weighted by Crippen LogP contribution is 2.48. The van der Waals surface area contributed by atoms with Crippen molar-refractivity contribution in [2.75, 3.05) is 19.7 Å². The molecule has 25 heavy (non-hydrogen) atoms. The lowest BCUT2D eigenvalue weighted by atomic mass is 9.96. The first-order valence-electron chi connectivity index (χ1n) is 8.95. The summed E-state index contributed by atoms with van der Waals surface area (Å²) in [6.07, 6.45) is 0.480. The molecular formula is C17H27NO7. The molecule has 4 aliphatic rings. The molecule has 0 aliphatic carbocycles. The zero-order valence-corrected chi connectivity index (χ0v) is 15.2. The van der Waals surface area contributed by atoms with Gasteiger partial charge in [-0.3, -0.25) is 9.69 Å². The first kappa shape index (κ1) is 17.6. The number of ether oxygens (including phenoxy) is 5. The molecule has 0 saturated carbocycles. The molecule has 5 atom stereocenters. The Balaban J connectivity index is 1.61. The zero-order valence-electron chi connectivity index (χ0n) is 15.2. The molecule has 0 unspecified atom stereocenters. The van der Waals surface area contributed by atoms with Crippen LogP contribution in [0.3, 0.4) is 0 Å². The Kier molecular flexibility index (Phi) is 3.96. The molecule has 0 aromatic carbocycles. The molecule has 4 saturated heterocycles. The fraction of sp³-hybridized carbons (Fsp3) is 0.941. The van der Waals surface area contributed by atoms with Gasteiger partial charge in [-0.15, -0.1) is 0 Å². The zero-order chi connectivity index (χ0) is 18.0. The minimum atomic E-state index is -1.05. The maximum absolute atomic E-state index is 11.5. The first-order chi connectivity index (χ1) is 11.6. The summed E-state index contributed by atoms with van der Waals surface area (Å²) >= 11 is 0. The Hall–Kier alpha value is -0.770. The number of carbonyl (C=O) groups is 1. The van der Waals surface area contributed by atoms with Crippen LogP contribution in [0.4, 0.5) is 0 Å². The second kappa shape index (κ2) is 5.61. The number of fused-ring (bicyclic) bond motifs is 3. The summed E-state index contributed by atoms with van der Waals surface area (Å²) in [6, 6.07) is -0.513. The van der Waals surface area contributed by atoms with Crippen molar-refractivity contribution >= 4 is 5.97 Å². The highest BCUT2D eigenvalue weighted by molar-refractivity contribution is 5.73. The lowest BCUT2D eigenvalue weighted by Crippen LogP contribution is -2.63. The number of rotatable bonds is 3. The highest BCUT2D eigenvalue weighted by atomic mass is 16.9. The second-order valence-corrected chi connectivity index (χ2v) is 8.27. The van der Waals surface area contributed by atoms with Crippen LogP contribution in [0, 0.1) is 0 Å². The molecule has 142 valence electrons. The third-order valence-corrected chi connectivity index (χ3v) is 5.35. The van der Waals surface area contributed by atoms with Crippen molar-refractivity contribution < 1.29 is 33.6 Å². The van der Waals surface area contributed by atoms with Crippen LogP contribution in [0.5, 0.6) is 0 Å². The Morgan fingerprint density at radius 3 is 2.64 bits per heavy atom. The van der Waals surface area contributed by atoms with E-state index in [0.29, 0.717) is 26.1 Å². The highest BCUT2D eigenvalue weighted by Gasteiger charge is 2.66. The molecule has 0 amide bonds. The molecule has 8 nitrogen and oxygen atoms in total. The Labute approximate surface area is 147 Å². The van der Waals surface area contributed by atoms with Crippen molar-refractivity contribution in [2.24, 2.45) is 0 Å². The number of carboxylic acids is 1. The standard InChI is InChI=1S/C17H27NO7/c1-15(2)22-11-8-21-17(9-18-7-5-6-10(18)14(19)20)13(12(11)23-15)24-16(3,4)25-17/h10-13H,5-9H2,1-4H3,(H,19,20)/t10-,11+,12+,13-,17-/m0/s1. The molecule has 0 radical (unpaired) electrons. The minimum absolute atomic E-state index is 0.223. The van der Waals surface area contributed by atoms with E-state index in [1.807, 2.05) is 32.6 Å². The van der Waals surface area contributed by atoms with E-state index in [0.717, 1.165) is 6.42 Å². The second-order valence-electron chi connectivity index (χ2n) is 8.27. The van der Waals surface area contributed by atoms with Crippen LogP contribution in [0.1, 0.15) is 40.5 Å². The van der Waals surface area contributed by atoms with Gasteiger partial charge in [-0.05, 0) is 47.1 Å². The van der Waals surface area contributed by atoms with Crippen molar-refractivity contribution in [3.63, 3.8) is 0 Å². The average Bonchev–Trinajstić information content (AvgIpc) is 3.11. The molecule has 4 aliphatic heterocycles. The van der Waals surface area contributed by atoms with E-state index < -0.39 is 35.5 Å². The third kappa shape index (κ3) is 2.98. The molecule has 0 bridgehead atoms. The Bertz CT molecular complexity index is 565. The number of likely N-dealkylation sites (tertiary alicyclic amines) is 1. The van der Waals surface area contributed by atoms with Gasteiger partial charge in [-0.1, -0.05) is 0 Å². The van der Waals surface area contributed by atoms with Gasteiger partial charge in [0.2, 0.25) is 5.79 Å². The molecule has 4 fully saturated rings. The molecule has 0 spiro atoms. The number of carboxylic acid groups (broad SMARTS) is 1. The van der Waals surface area contributed by atoms with E-state index in [1.54, 1.807) is 0 Å². The van der Waals surface area contributed by atoms with Crippen LogP contribution < -0.4 is 0 Å². The van der Waals surface area contributed by atoms with Gasteiger partial charge in [0.15, 0.2) is 11.6 Å². The number of aliphatic carboxylic acids is 1. The largest absolute Gasteiger partial charge is 0.480 e. The number of hydrogen-bond donors (Lipinski definition) is 1. The normalized spacial score (nSPS) is 45.3. The summed E-state index contributed by atoms with van der Waals surface area (Å²) < 4.78 is 30.5. The van der Waals surface area contributed by atoms with E-state index in [2.05, 4.69) is 0 Å². The number of hydrogen-bond acceptors (Lipinski definition) is 7. The van der Waals surface area contributed by atoms with Crippen molar-refractivity contribution in [2.45, 2.75) is 82.3 Å². The van der Waals surface area contributed by atoms with Crippen LogP contribution in [0.2, 0.25) is 0 Å². The van der Waals surface area contributed by atoms with Gasteiger partial charge >= 0.3 is 5.97 Å². The third-order valence-electron chi connectivity index (χ3n) is 5.35. The van der Waals surface area contributed by atoms with Crippen LogP contribution in [-0.2, 0) is 28.5 Å². The summed E-state index contributed by atoms with van der Waals surface area (Å²) in [5.74, 6) is -3.40. The van der Waals surface area contributed by atoms with Crippen LogP contribution in [0.25, 0.3) is 0 Å². The molecule has 4 rings (SSSR count). The van der Waals surface area contributed by atoms with Crippen molar-refractivity contribution in [1.29, 1.82) is 0 Å². The maximum Gasteiger partial charge on any atom is 0.320 e. The van der Waals surface area contributed by atoms with E-state index in [4.69, 9.17) is 23.7 Å². The maximum atomic E-state index is 11.5. The fourth-order valence-corrected chi connectivity index (χ4v) is 4.54. The van der Waals surface area contributed by atoms with Gasteiger partial charge in [0.05, 0.1) is 13.2 Å². The lowest BCUT2D eigenvalue weighted by molar-refractivity contribution is -0.287. The predicted octanol–water partition coefficient (Wildman–Crippen LogP) is 0.934. The smallest absolute Gasteiger partial charge is 0.320 e. The number of nitrogens with zero attached hydrogens (tertiary/aromatic N) is 1. The molecule has 8 heteroatoms. The Morgan fingerprint density at radius 2 is 1.92 bits per heavy atom. The van der Waals surface area contributed by atoms with E-state index in [1.165, 1.54) is 0 Å².